The maximum atomic E-state index is 12.8. The van der Waals surface area contributed by atoms with Crippen LogP contribution in [0.1, 0.15) is 36.7 Å². The van der Waals surface area contributed by atoms with Crippen molar-refractivity contribution < 1.29 is 9.18 Å². The summed E-state index contributed by atoms with van der Waals surface area (Å²) in [5.74, 6) is -0.361. The summed E-state index contributed by atoms with van der Waals surface area (Å²) in [5.41, 5.74) is 2.64. The Bertz CT molecular complexity index is 664. The molecule has 0 bridgehead atoms. The first-order valence-electron chi connectivity index (χ1n) is 7.20. The van der Waals surface area contributed by atoms with Crippen LogP contribution in [-0.2, 0) is 5.41 Å². The molecule has 0 spiro atoms. The van der Waals surface area contributed by atoms with Crippen LogP contribution in [0.15, 0.2) is 60.8 Å². The zero-order valence-corrected chi connectivity index (χ0v) is 13.1. The van der Waals surface area contributed by atoms with E-state index in [9.17, 15) is 9.18 Å². The third-order valence-corrected chi connectivity index (χ3v) is 3.36. The molecule has 0 saturated carbocycles. The van der Waals surface area contributed by atoms with E-state index < -0.39 is 0 Å². The summed E-state index contributed by atoms with van der Waals surface area (Å²) in [6.45, 7) is 6.41. The van der Waals surface area contributed by atoms with Crippen molar-refractivity contribution in [1.82, 2.24) is 0 Å². The molecule has 2 rings (SSSR count). The number of anilines is 1. The highest BCUT2D eigenvalue weighted by Crippen LogP contribution is 2.22. The van der Waals surface area contributed by atoms with Crippen LogP contribution in [0.2, 0.25) is 0 Å². The average Bonchev–Trinajstić information content (AvgIpc) is 2.48. The van der Waals surface area contributed by atoms with Gasteiger partial charge in [0, 0.05) is 23.5 Å². The first-order valence-corrected chi connectivity index (χ1v) is 7.20. The molecule has 2 nitrogen and oxygen atoms in total. The molecule has 0 aromatic heterocycles. The number of rotatable bonds is 4. The Morgan fingerprint density at radius 1 is 1.00 bits per heavy atom. The molecule has 2 aromatic carbocycles. The van der Waals surface area contributed by atoms with Crippen molar-refractivity contribution in [3.8, 4) is 0 Å². The quantitative estimate of drug-likeness (QED) is 0.640. The maximum absolute atomic E-state index is 12.8. The summed E-state index contributed by atoms with van der Waals surface area (Å²) in [7, 11) is 0. The summed E-state index contributed by atoms with van der Waals surface area (Å²) in [4.78, 5) is 12.1. The van der Waals surface area contributed by atoms with Crippen LogP contribution in [0, 0.1) is 5.82 Å². The van der Waals surface area contributed by atoms with Gasteiger partial charge in [0.2, 0.25) is 0 Å². The van der Waals surface area contributed by atoms with Gasteiger partial charge in [0.15, 0.2) is 5.78 Å². The number of carbonyl (C=O) groups is 1. The minimum Gasteiger partial charge on any atom is -0.362 e. The fraction of sp³-hybridized carbons (Fsp3) is 0.211. The SMILES string of the molecule is CC(C)(C)c1ccc(C(=O)C=CNc2ccc(F)cc2)cc1. The third-order valence-electron chi connectivity index (χ3n) is 3.36. The summed E-state index contributed by atoms with van der Waals surface area (Å²) < 4.78 is 12.8. The first-order chi connectivity index (χ1) is 10.4. The van der Waals surface area contributed by atoms with E-state index in [1.54, 1.807) is 18.3 Å². The molecule has 0 saturated heterocycles. The molecule has 22 heavy (non-hydrogen) atoms. The van der Waals surface area contributed by atoms with Gasteiger partial charge >= 0.3 is 0 Å². The van der Waals surface area contributed by atoms with Gasteiger partial charge in [0.1, 0.15) is 5.82 Å². The average molecular weight is 297 g/mol. The van der Waals surface area contributed by atoms with Gasteiger partial charge in [-0.15, -0.1) is 0 Å². The zero-order valence-electron chi connectivity index (χ0n) is 13.1. The van der Waals surface area contributed by atoms with Crippen LogP contribution in [0.25, 0.3) is 0 Å². The van der Waals surface area contributed by atoms with Crippen molar-refractivity contribution >= 4 is 11.5 Å². The number of ketones is 1. The summed E-state index contributed by atoms with van der Waals surface area (Å²) in [6, 6.07) is 13.6. The van der Waals surface area contributed by atoms with Crippen LogP contribution in [0.5, 0.6) is 0 Å². The predicted molar refractivity (Wildman–Crippen MR) is 88.6 cm³/mol. The molecule has 2 aromatic rings. The van der Waals surface area contributed by atoms with Gasteiger partial charge in [-0.05, 0) is 35.2 Å². The molecule has 0 heterocycles. The minimum absolute atomic E-state index is 0.0710. The van der Waals surface area contributed by atoms with Gasteiger partial charge in [0.25, 0.3) is 0 Å². The molecule has 0 aliphatic heterocycles. The van der Waals surface area contributed by atoms with E-state index in [-0.39, 0.29) is 17.0 Å². The van der Waals surface area contributed by atoms with Crippen molar-refractivity contribution in [3.05, 3.63) is 77.8 Å². The molecule has 0 aliphatic rings. The van der Waals surface area contributed by atoms with E-state index in [2.05, 4.69) is 26.1 Å². The topological polar surface area (TPSA) is 29.1 Å². The Labute approximate surface area is 130 Å². The Morgan fingerprint density at radius 3 is 2.14 bits per heavy atom. The Hall–Kier alpha value is -2.42. The summed E-state index contributed by atoms with van der Waals surface area (Å²) >= 11 is 0. The van der Waals surface area contributed by atoms with Gasteiger partial charge < -0.3 is 5.32 Å². The van der Waals surface area contributed by atoms with Crippen LogP contribution in [-0.4, -0.2) is 5.78 Å². The van der Waals surface area contributed by atoms with Crippen LogP contribution < -0.4 is 5.32 Å². The van der Waals surface area contributed by atoms with Crippen LogP contribution in [0.3, 0.4) is 0 Å². The molecule has 0 fully saturated rings. The molecule has 114 valence electrons. The lowest BCUT2D eigenvalue weighted by Gasteiger charge is -2.18. The van der Waals surface area contributed by atoms with Crippen molar-refractivity contribution in [1.29, 1.82) is 0 Å². The first kappa shape index (κ1) is 16.0. The summed E-state index contributed by atoms with van der Waals surface area (Å²) in [5, 5.41) is 2.94. The molecule has 0 aliphatic carbocycles. The number of hydrogen-bond donors (Lipinski definition) is 1. The van der Waals surface area contributed by atoms with E-state index in [0.717, 1.165) is 5.69 Å². The van der Waals surface area contributed by atoms with E-state index >= 15 is 0 Å². The molecule has 3 heteroatoms. The van der Waals surface area contributed by atoms with Crippen LogP contribution in [0.4, 0.5) is 10.1 Å². The third kappa shape index (κ3) is 4.29. The second-order valence-corrected chi connectivity index (χ2v) is 6.18. The highest BCUT2D eigenvalue weighted by molar-refractivity contribution is 6.04. The van der Waals surface area contributed by atoms with Gasteiger partial charge in [-0.25, -0.2) is 4.39 Å². The number of nitrogens with one attached hydrogen (secondary N) is 1. The van der Waals surface area contributed by atoms with Gasteiger partial charge in [-0.2, -0.15) is 0 Å². The van der Waals surface area contributed by atoms with Crippen molar-refractivity contribution in [2.24, 2.45) is 0 Å². The number of allylic oxidation sites excluding steroid dienone is 1. The standard InChI is InChI=1S/C19H20FNO/c1-19(2,3)15-6-4-14(5-7-15)18(22)12-13-21-17-10-8-16(20)9-11-17/h4-13,21H,1-3H3. The summed E-state index contributed by atoms with van der Waals surface area (Å²) in [6.07, 6.45) is 3.03. The molecule has 0 amide bonds. The van der Waals surface area contributed by atoms with Crippen LogP contribution >= 0.6 is 0 Å². The van der Waals surface area contributed by atoms with Crippen molar-refractivity contribution in [2.75, 3.05) is 5.32 Å². The monoisotopic (exact) mass is 297 g/mol. The lowest BCUT2D eigenvalue weighted by atomic mass is 9.86. The van der Waals surface area contributed by atoms with Gasteiger partial charge in [-0.3, -0.25) is 4.79 Å². The molecule has 1 N–H and O–H groups in total. The van der Waals surface area contributed by atoms with Crippen molar-refractivity contribution in [2.45, 2.75) is 26.2 Å². The number of benzene rings is 2. The Balaban J connectivity index is 1.99. The van der Waals surface area contributed by atoms with Gasteiger partial charge in [0.05, 0.1) is 0 Å². The number of halogens is 1. The lowest BCUT2D eigenvalue weighted by molar-refractivity contribution is 0.104. The highest BCUT2D eigenvalue weighted by Gasteiger charge is 2.13. The second-order valence-electron chi connectivity index (χ2n) is 6.18. The second kappa shape index (κ2) is 6.56. The molecule has 0 unspecified atom stereocenters. The largest absolute Gasteiger partial charge is 0.362 e. The molecule has 0 radical (unpaired) electrons. The number of carbonyl (C=O) groups excluding carboxylic acids is 1. The highest BCUT2D eigenvalue weighted by atomic mass is 19.1. The fourth-order valence-electron chi connectivity index (χ4n) is 1.99. The van der Waals surface area contributed by atoms with E-state index in [1.165, 1.54) is 23.8 Å². The van der Waals surface area contributed by atoms with Gasteiger partial charge in [-0.1, -0.05) is 45.0 Å². The molecular formula is C19H20FNO. The Kier molecular flexibility index (Phi) is 4.76. The Morgan fingerprint density at radius 2 is 1.59 bits per heavy atom. The number of hydrogen-bond acceptors (Lipinski definition) is 2. The van der Waals surface area contributed by atoms with E-state index in [1.807, 2.05) is 24.3 Å². The molecular weight excluding hydrogens is 277 g/mol. The van der Waals surface area contributed by atoms with E-state index in [0.29, 0.717) is 5.56 Å². The molecule has 0 atom stereocenters. The van der Waals surface area contributed by atoms with E-state index in [4.69, 9.17) is 0 Å². The maximum Gasteiger partial charge on any atom is 0.187 e. The smallest absolute Gasteiger partial charge is 0.187 e. The predicted octanol–water partition coefficient (Wildman–Crippen LogP) is 4.93. The van der Waals surface area contributed by atoms with Crippen molar-refractivity contribution in [3.63, 3.8) is 0 Å². The lowest BCUT2D eigenvalue weighted by Crippen LogP contribution is -2.11. The fourth-order valence-corrected chi connectivity index (χ4v) is 1.99. The normalized spacial score (nSPS) is 11.6. The minimum atomic E-state index is -0.287. The zero-order chi connectivity index (χ0) is 16.2.